The number of esters is 1. The number of anilines is 1. The van der Waals surface area contributed by atoms with E-state index in [2.05, 4.69) is 26.8 Å². The first kappa shape index (κ1) is 21.2. The molecule has 5 nitrogen and oxygen atoms in total. The van der Waals surface area contributed by atoms with Gasteiger partial charge in [-0.05, 0) is 37.2 Å². The van der Waals surface area contributed by atoms with Crippen LogP contribution in [0, 0.1) is 11.3 Å². The van der Waals surface area contributed by atoms with Gasteiger partial charge in [0.1, 0.15) is 6.07 Å². The minimum absolute atomic E-state index is 0.148. The average molecular weight is 363 g/mol. The Balaban J connectivity index is 3.47. The predicted molar refractivity (Wildman–Crippen MR) is 103 cm³/mol. The third-order valence-corrected chi connectivity index (χ3v) is 9.15. The van der Waals surface area contributed by atoms with Crippen molar-refractivity contribution in [2.45, 2.75) is 51.4 Å². The molecule has 0 heterocycles. The third-order valence-electron chi connectivity index (χ3n) is 4.72. The van der Waals surface area contributed by atoms with E-state index in [1.165, 1.54) is 0 Å². The Labute approximate surface area is 152 Å². The van der Waals surface area contributed by atoms with E-state index in [0.717, 1.165) is 5.69 Å². The van der Waals surface area contributed by atoms with Crippen molar-refractivity contribution in [1.82, 2.24) is 0 Å². The number of hydrogen-bond donors (Lipinski definition) is 0. The van der Waals surface area contributed by atoms with Crippen LogP contribution in [0.1, 0.15) is 33.3 Å². The van der Waals surface area contributed by atoms with E-state index in [1.807, 2.05) is 44.2 Å². The zero-order chi connectivity index (χ0) is 19.5. The highest BCUT2D eigenvalue weighted by Gasteiger charge is 2.51. The predicted octanol–water partition coefficient (Wildman–Crippen LogP) is 4.06. The monoisotopic (exact) mass is 362 g/mol. The summed E-state index contributed by atoms with van der Waals surface area (Å²) in [4.78, 5) is 14.7. The summed E-state index contributed by atoms with van der Waals surface area (Å²) in [5.41, 5.74) is -0.264. The standard InChI is InChI=1S/C19H30N2O3Si/c1-9-23-17(22)19(14-20,24-25(7,8)18(2,3)4)15-10-12-16(13-11-15)21(5)6/h10-13H,9H2,1-8H3. The van der Waals surface area contributed by atoms with Crippen molar-refractivity contribution in [3.05, 3.63) is 29.8 Å². The van der Waals surface area contributed by atoms with Crippen LogP contribution in [0.5, 0.6) is 0 Å². The van der Waals surface area contributed by atoms with E-state index < -0.39 is 19.9 Å². The summed E-state index contributed by atoms with van der Waals surface area (Å²) in [6, 6.07) is 9.39. The molecule has 0 saturated carbocycles. The second kappa shape index (κ2) is 7.59. The Kier molecular flexibility index (Phi) is 6.43. The van der Waals surface area contributed by atoms with Crippen molar-refractivity contribution in [2.75, 3.05) is 25.6 Å². The molecule has 1 unspecified atom stereocenters. The minimum Gasteiger partial charge on any atom is -0.463 e. The Morgan fingerprint density at radius 3 is 2.08 bits per heavy atom. The fourth-order valence-electron chi connectivity index (χ4n) is 2.11. The molecule has 0 spiro atoms. The van der Waals surface area contributed by atoms with Gasteiger partial charge in [-0.15, -0.1) is 0 Å². The van der Waals surface area contributed by atoms with Gasteiger partial charge in [0.15, 0.2) is 8.32 Å². The molecule has 0 fully saturated rings. The Hall–Kier alpha value is -1.84. The van der Waals surface area contributed by atoms with Crippen molar-refractivity contribution >= 4 is 20.0 Å². The van der Waals surface area contributed by atoms with E-state index in [-0.39, 0.29) is 11.6 Å². The molecule has 6 heteroatoms. The van der Waals surface area contributed by atoms with Crippen molar-refractivity contribution in [2.24, 2.45) is 0 Å². The highest BCUT2D eigenvalue weighted by Crippen LogP contribution is 2.42. The van der Waals surface area contributed by atoms with Crippen molar-refractivity contribution < 1.29 is 14.0 Å². The molecule has 0 aromatic heterocycles. The van der Waals surface area contributed by atoms with Crippen LogP contribution in [-0.2, 0) is 19.6 Å². The first-order valence-electron chi connectivity index (χ1n) is 8.48. The smallest absolute Gasteiger partial charge is 0.357 e. The fourth-order valence-corrected chi connectivity index (χ4v) is 3.43. The van der Waals surface area contributed by atoms with Crippen LogP contribution in [0.3, 0.4) is 0 Å². The first-order valence-corrected chi connectivity index (χ1v) is 11.4. The molecule has 0 aliphatic carbocycles. The summed E-state index contributed by atoms with van der Waals surface area (Å²) >= 11 is 0. The molecule has 0 radical (unpaired) electrons. The maximum Gasteiger partial charge on any atom is 0.357 e. The van der Waals surface area contributed by atoms with E-state index in [4.69, 9.17) is 9.16 Å². The van der Waals surface area contributed by atoms with Gasteiger partial charge >= 0.3 is 5.97 Å². The summed E-state index contributed by atoms with van der Waals surface area (Å²) in [6.07, 6.45) is 0. The lowest BCUT2D eigenvalue weighted by molar-refractivity contribution is -0.158. The number of benzene rings is 1. The van der Waals surface area contributed by atoms with Gasteiger partial charge in [0.25, 0.3) is 5.60 Å². The SMILES string of the molecule is CCOC(=O)C(C#N)(O[Si](C)(C)C(C)(C)C)c1ccc(N(C)C)cc1. The van der Waals surface area contributed by atoms with Gasteiger partial charge in [-0.3, -0.25) is 0 Å². The summed E-state index contributed by atoms with van der Waals surface area (Å²) in [7, 11) is 1.46. The van der Waals surface area contributed by atoms with Crippen LogP contribution < -0.4 is 4.90 Å². The fraction of sp³-hybridized carbons (Fsp3) is 0.579. The lowest BCUT2D eigenvalue weighted by Crippen LogP contribution is -2.51. The van der Waals surface area contributed by atoms with E-state index in [9.17, 15) is 10.1 Å². The number of hydrogen-bond acceptors (Lipinski definition) is 5. The number of ether oxygens (including phenoxy) is 1. The maximum atomic E-state index is 12.8. The highest BCUT2D eigenvalue weighted by atomic mass is 28.4. The van der Waals surface area contributed by atoms with Gasteiger partial charge in [-0.2, -0.15) is 5.26 Å². The molecule has 25 heavy (non-hydrogen) atoms. The van der Waals surface area contributed by atoms with Gasteiger partial charge in [0, 0.05) is 25.3 Å². The normalized spacial score (nSPS) is 14.4. The van der Waals surface area contributed by atoms with Gasteiger partial charge in [-0.1, -0.05) is 32.9 Å². The van der Waals surface area contributed by atoms with Gasteiger partial charge in [0.2, 0.25) is 0 Å². The second-order valence-corrected chi connectivity index (χ2v) is 12.5. The number of rotatable bonds is 6. The van der Waals surface area contributed by atoms with Gasteiger partial charge in [0.05, 0.1) is 6.61 Å². The van der Waals surface area contributed by atoms with Crippen molar-refractivity contribution in [3.8, 4) is 6.07 Å². The summed E-state index contributed by atoms with van der Waals surface area (Å²) in [6.45, 7) is 12.2. The summed E-state index contributed by atoms with van der Waals surface area (Å²) in [5.74, 6) is -0.653. The van der Waals surface area contributed by atoms with Crippen molar-refractivity contribution in [3.63, 3.8) is 0 Å². The zero-order valence-corrected chi connectivity index (χ0v) is 17.6. The lowest BCUT2D eigenvalue weighted by atomic mass is 9.95. The molecule has 1 aromatic rings. The summed E-state index contributed by atoms with van der Waals surface area (Å²) in [5, 5.41) is 9.82. The quantitative estimate of drug-likeness (QED) is 0.564. The molecule has 0 bridgehead atoms. The van der Waals surface area contributed by atoms with Crippen LogP contribution >= 0.6 is 0 Å². The number of nitriles is 1. The molecule has 0 N–H and O–H groups in total. The van der Waals surface area contributed by atoms with Gasteiger partial charge in [-0.25, -0.2) is 4.79 Å². The van der Waals surface area contributed by atoms with Gasteiger partial charge < -0.3 is 14.1 Å². The van der Waals surface area contributed by atoms with Crippen LogP contribution in [-0.4, -0.2) is 35.0 Å². The second-order valence-electron chi connectivity index (χ2n) is 7.82. The molecule has 1 atom stereocenters. The number of carbonyl (C=O) groups excluding carboxylic acids is 1. The van der Waals surface area contributed by atoms with Crippen LogP contribution in [0.4, 0.5) is 5.69 Å². The molecule has 0 aliphatic rings. The Bertz CT molecular complexity index is 642. The maximum absolute atomic E-state index is 12.8. The van der Waals surface area contributed by atoms with Crippen molar-refractivity contribution in [1.29, 1.82) is 5.26 Å². The van der Waals surface area contributed by atoms with Crippen LogP contribution in [0.2, 0.25) is 18.1 Å². The molecule has 0 saturated heterocycles. The molecule has 1 rings (SSSR count). The Morgan fingerprint density at radius 2 is 1.72 bits per heavy atom. The number of carbonyl (C=O) groups is 1. The number of nitrogens with zero attached hydrogens (tertiary/aromatic N) is 2. The van der Waals surface area contributed by atoms with E-state index in [0.29, 0.717) is 5.56 Å². The lowest BCUT2D eigenvalue weighted by Gasteiger charge is -2.41. The average Bonchev–Trinajstić information content (AvgIpc) is 2.51. The third kappa shape index (κ3) is 4.41. The molecular weight excluding hydrogens is 332 g/mol. The largest absolute Gasteiger partial charge is 0.463 e. The van der Waals surface area contributed by atoms with E-state index >= 15 is 0 Å². The summed E-state index contributed by atoms with van der Waals surface area (Å²) < 4.78 is 11.5. The topological polar surface area (TPSA) is 62.6 Å². The molecule has 1 aromatic carbocycles. The molecule has 0 aliphatic heterocycles. The van der Waals surface area contributed by atoms with Crippen LogP contribution in [0.25, 0.3) is 0 Å². The van der Waals surface area contributed by atoms with Crippen LogP contribution in [0.15, 0.2) is 24.3 Å². The van der Waals surface area contributed by atoms with E-state index in [1.54, 1.807) is 19.1 Å². The highest BCUT2D eigenvalue weighted by molar-refractivity contribution is 6.74. The minimum atomic E-state index is -2.41. The zero-order valence-electron chi connectivity index (χ0n) is 16.6. The molecule has 0 amide bonds. The molecular formula is C19H30N2O3Si. The first-order chi connectivity index (χ1) is 11.4. The molecule has 138 valence electrons. The Morgan fingerprint density at radius 1 is 1.20 bits per heavy atom.